The van der Waals surface area contributed by atoms with E-state index in [1.807, 2.05) is 24.3 Å². The van der Waals surface area contributed by atoms with Crippen molar-refractivity contribution in [1.29, 1.82) is 0 Å². The number of piperazine rings is 1. The van der Waals surface area contributed by atoms with Crippen LogP contribution >= 0.6 is 0 Å². The van der Waals surface area contributed by atoms with Crippen LogP contribution in [0.15, 0.2) is 84.9 Å². The molecule has 4 aromatic rings. The number of phenols is 1. The monoisotopic (exact) mass is 791 g/mol. The van der Waals surface area contributed by atoms with Crippen LogP contribution in [0.5, 0.6) is 5.75 Å². The Labute approximate surface area is 344 Å². The third-order valence-electron chi connectivity index (χ3n) is 14.1. The van der Waals surface area contributed by atoms with Gasteiger partial charge in [-0.2, -0.15) is 0 Å². The largest absolute Gasteiger partial charge is 0.508 e. The molecule has 0 radical (unpaired) electrons. The van der Waals surface area contributed by atoms with Crippen LogP contribution in [0.25, 0.3) is 0 Å². The van der Waals surface area contributed by atoms with Gasteiger partial charge in [0.2, 0.25) is 17.7 Å². The Kier molecular flexibility index (Phi) is 9.58. The maximum absolute atomic E-state index is 13.8. The molecule has 4 aromatic carbocycles. The number of anilines is 1. The lowest BCUT2D eigenvalue weighted by atomic mass is 9.69. The number of piperidine rings is 1. The minimum atomic E-state index is -0.969. The lowest BCUT2D eigenvalue weighted by molar-refractivity contribution is -0.138. The molecule has 59 heavy (non-hydrogen) atoms. The van der Waals surface area contributed by atoms with E-state index in [9.17, 15) is 29.1 Å². The molecular weight excluding hydrogens is 743 g/mol. The van der Waals surface area contributed by atoms with Crippen molar-refractivity contribution in [2.75, 3.05) is 31.1 Å². The van der Waals surface area contributed by atoms with E-state index in [0.29, 0.717) is 55.0 Å². The zero-order chi connectivity index (χ0) is 40.4. The van der Waals surface area contributed by atoms with Gasteiger partial charge < -0.3 is 14.9 Å². The summed E-state index contributed by atoms with van der Waals surface area (Å²) < 4.78 is 0. The number of carbonyl (C=O) groups excluding carboxylic acids is 5. The van der Waals surface area contributed by atoms with Crippen molar-refractivity contribution < 1.29 is 29.1 Å². The molecule has 10 rings (SSSR count). The van der Waals surface area contributed by atoms with Gasteiger partial charge in [0.25, 0.3) is 11.8 Å². The number of hydrogen-bond donors (Lipinski definition) is 2. The number of nitrogens with one attached hydrogen (secondary N) is 1. The topological polar surface area (TPSA) is 131 Å². The third kappa shape index (κ3) is 6.79. The van der Waals surface area contributed by atoms with E-state index in [1.54, 1.807) is 0 Å². The van der Waals surface area contributed by atoms with Gasteiger partial charge in [-0.1, -0.05) is 48.5 Å². The molecule has 11 heteroatoms. The van der Waals surface area contributed by atoms with Gasteiger partial charge in [-0.05, 0) is 121 Å². The summed E-state index contributed by atoms with van der Waals surface area (Å²) in [5.74, 6) is -0.752. The fourth-order valence-electron chi connectivity index (χ4n) is 11.0. The van der Waals surface area contributed by atoms with Gasteiger partial charge in [0.05, 0.1) is 11.1 Å². The van der Waals surface area contributed by atoms with Gasteiger partial charge in [0.15, 0.2) is 0 Å². The summed E-state index contributed by atoms with van der Waals surface area (Å²) in [4.78, 5) is 72.6. The van der Waals surface area contributed by atoms with E-state index >= 15 is 0 Å². The van der Waals surface area contributed by atoms with E-state index in [1.165, 1.54) is 27.9 Å². The first kappa shape index (κ1) is 37.5. The first-order valence-corrected chi connectivity index (χ1v) is 21.3. The lowest BCUT2D eigenvalue weighted by Gasteiger charge is -2.40. The number of phenolic OH excluding ortho intramolecular Hbond substituents is 1. The summed E-state index contributed by atoms with van der Waals surface area (Å²) in [5.41, 5.74) is 9.04. The van der Waals surface area contributed by atoms with Gasteiger partial charge in [-0.15, -0.1) is 0 Å². The standard InChI is InChI=1S/C48H49N5O6/c54-37-15-17-39-32(24-37)10-16-38(29-4-2-1-3-5-29)44(39)30-6-11-35(12-7-30)50-20-22-51(23-21-50)46(57)31-8-13-36(14-9-31)52-27-33-25-40-41(26-34(33)28-52)48(59)53(47(40)58)42-18-19-43(55)49-45(42)56/h1-7,11-12,15,17,24-26,31,36,38,42,44,54H,8-10,13-14,16,18-23,27-28H2,(H,49,55,56)/t31?,36?,38-,42?,44+/m1/s1. The Morgan fingerprint density at radius 2 is 1.34 bits per heavy atom. The zero-order valence-corrected chi connectivity index (χ0v) is 33.1. The van der Waals surface area contributed by atoms with E-state index in [2.05, 4.69) is 80.7 Å². The summed E-state index contributed by atoms with van der Waals surface area (Å²) in [7, 11) is 0. The highest BCUT2D eigenvalue weighted by atomic mass is 16.3. The van der Waals surface area contributed by atoms with Crippen LogP contribution in [-0.2, 0) is 33.9 Å². The van der Waals surface area contributed by atoms with Crippen molar-refractivity contribution in [1.82, 2.24) is 20.0 Å². The van der Waals surface area contributed by atoms with E-state index in [4.69, 9.17) is 0 Å². The molecule has 11 nitrogen and oxygen atoms in total. The molecule has 0 bridgehead atoms. The zero-order valence-electron chi connectivity index (χ0n) is 33.1. The van der Waals surface area contributed by atoms with Crippen LogP contribution in [-0.4, -0.2) is 87.6 Å². The van der Waals surface area contributed by atoms with Crippen LogP contribution in [0.3, 0.4) is 0 Å². The molecule has 4 aliphatic heterocycles. The molecule has 0 aromatic heterocycles. The average Bonchev–Trinajstić information content (AvgIpc) is 3.79. The van der Waals surface area contributed by atoms with Gasteiger partial charge in [-0.25, -0.2) is 0 Å². The maximum Gasteiger partial charge on any atom is 0.262 e. The van der Waals surface area contributed by atoms with Gasteiger partial charge >= 0.3 is 0 Å². The van der Waals surface area contributed by atoms with Crippen molar-refractivity contribution in [2.24, 2.45) is 5.92 Å². The first-order chi connectivity index (χ1) is 28.7. The van der Waals surface area contributed by atoms with Crippen molar-refractivity contribution in [3.8, 4) is 5.75 Å². The average molecular weight is 792 g/mol. The van der Waals surface area contributed by atoms with Crippen molar-refractivity contribution in [2.45, 2.75) is 88.4 Å². The Bertz CT molecular complexity index is 2300. The highest BCUT2D eigenvalue weighted by Crippen LogP contribution is 2.47. The number of nitrogens with zero attached hydrogens (tertiary/aromatic N) is 4. The minimum absolute atomic E-state index is 0.0252. The number of fused-ring (bicyclic) bond motifs is 3. The van der Waals surface area contributed by atoms with Crippen LogP contribution < -0.4 is 10.2 Å². The second-order valence-electron chi connectivity index (χ2n) is 17.3. The molecule has 302 valence electrons. The van der Waals surface area contributed by atoms with Crippen molar-refractivity contribution in [3.05, 3.63) is 129 Å². The smallest absolute Gasteiger partial charge is 0.262 e. The highest BCUT2D eigenvalue weighted by Gasteiger charge is 2.46. The molecule has 3 atom stereocenters. The summed E-state index contributed by atoms with van der Waals surface area (Å²) in [6, 6.07) is 28.7. The van der Waals surface area contributed by atoms with Crippen LogP contribution in [0, 0.1) is 5.92 Å². The maximum atomic E-state index is 13.8. The molecule has 0 spiro atoms. The second kappa shape index (κ2) is 15.1. The number of aromatic hydroxyl groups is 1. The quantitative estimate of drug-likeness (QED) is 0.232. The summed E-state index contributed by atoms with van der Waals surface area (Å²) in [6.45, 7) is 4.37. The van der Waals surface area contributed by atoms with Gasteiger partial charge in [0.1, 0.15) is 11.8 Å². The minimum Gasteiger partial charge on any atom is -0.508 e. The molecule has 4 heterocycles. The Balaban J connectivity index is 0.731. The molecule has 5 amide bonds. The molecule has 2 aliphatic carbocycles. The fourth-order valence-corrected chi connectivity index (χ4v) is 11.0. The molecule has 6 aliphatic rings. The predicted molar refractivity (Wildman–Crippen MR) is 221 cm³/mol. The van der Waals surface area contributed by atoms with Crippen LogP contribution in [0.4, 0.5) is 5.69 Å². The van der Waals surface area contributed by atoms with Crippen molar-refractivity contribution in [3.63, 3.8) is 0 Å². The van der Waals surface area contributed by atoms with E-state index in [-0.39, 0.29) is 36.5 Å². The number of amides is 5. The number of benzene rings is 4. The van der Waals surface area contributed by atoms with E-state index in [0.717, 1.165) is 67.6 Å². The van der Waals surface area contributed by atoms with Crippen molar-refractivity contribution >= 4 is 35.2 Å². The molecule has 2 N–H and O–H groups in total. The number of rotatable bonds is 6. The Morgan fingerprint density at radius 3 is 2.00 bits per heavy atom. The SMILES string of the molecule is O=C1CCC(N2C(=O)c3cc4c(cc3C2=O)CN(C2CCC(C(=O)N3CCN(c5ccc([C@@H]6c7ccc(O)cc7CC[C@@H]6c6ccccc6)cc5)CC3)CC2)C4)C(=O)N1. The second-order valence-corrected chi connectivity index (χ2v) is 17.3. The summed E-state index contributed by atoms with van der Waals surface area (Å²) in [6.07, 6.45) is 5.76. The normalized spacial score (nSPS) is 25.8. The lowest BCUT2D eigenvalue weighted by Crippen LogP contribution is -2.54. The van der Waals surface area contributed by atoms with Crippen LogP contribution in [0.1, 0.15) is 111 Å². The molecule has 3 fully saturated rings. The number of carbonyl (C=O) groups is 5. The number of aryl methyl sites for hydroxylation is 1. The number of imide groups is 2. The van der Waals surface area contributed by atoms with Crippen LogP contribution in [0.2, 0.25) is 0 Å². The van der Waals surface area contributed by atoms with Gasteiger partial charge in [-0.3, -0.25) is 39.1 Å². The fraction of sp³-hybridized carbons (Fsp3) is 0.396. The third-order valence-corrected chi connectivity index (χ3v) is 14.1. The molecule has 2 saturated heterocycles. The number of hydrogen-bond acceptors (Lipinski definition) is 8. The Hall–Kier alpha value is -5.81. The molecule has 1 saturated carbocycles. The van der Waals surface area contributed by atoms with Gasteiger partial charge in [0, 0.05) is 69.3 Å². The summed E-state index contributed by atoms with van der Waals surface area (Å²) >= 11 is 0. The first-order valence-electron chi connectivity index (χ1n) is 21.3. The molecule has 1 unspecified atom stereocenters. The molecular formula is C48H49N5O6. The summed E-state index contributed by atoms with van der Waals surface area (Å²) in [5, 5.41) is 12.5. The van der Waals surface area contributed by atoms with E-state index < -0.39 is 23.8 Å². The highest BCUT2D eigenvalue weighted by molar-refractivity contribution is 6.23. The Morgan fingerprint density at radius 1 is 0.661 bits per heavy atom. The predicted octanol–water partition coefficient (Wildman–Crippen LogP) is 5.88.